The van der Waals surface area contributed by atoms with Gasteiger partial charge in [-0.15, -0.1) is 11.3 Å². The Morgan fingerprint density at radius 1 is 1.19 bits per heavy atom. The predicted molar refractivity (Wildman–Crippen MR) is 103 cm³/mol. The number of aryl methyl sites for hydroxylation is 2. The fourth-order valence-corrected chi connectivity index (χ4v) is 5.27. The number of thiophene rings is 1. The molecule has 0 radical (unpaired) electrons. The van der Waals surface area contributed by atoms with Crippen LogP contribution in [-0.4, -0.2) is 26.8 Å². The molecule has 4 rings (SSSR count). The Morgan fingerprint density at radius 3 is 2.81 bits per heavy atom. The summed E-state index contributed by atoms with van der Waals surface area (Å²) in [6, 6.07) is 9.55. The van der Waals surface area contributed by atoms with Crippen molar-refractivity contribution in [2.75, 3.05) is 5.75 Å². The Kier molecular flexibility index (Phi) is 5.08. The molecule has 134 valence electrons. The molecule has 0 saturated carbocycles. The molecule has 3 aromatic rings. The molecule has 2 aromatic heterocycles. The Balaban J connectivity index is 1.68. The molecule has 7 heteroatoms. The van der Waals surface area contributed by atoms with E-state index in [0.29, 0.717) is 5.82 Å². The van der Waals surface area contributed by atoms with Gasteiger partial charge in [0.05, 0.1) is 5.75 Å². The van der Waals surface area contributed by atoms with Gasteiger partial charge in [0.25, 0.3) is 0 Å². The number of hydrogen-bond acceptors (Lipinski definition) is 6. The summed E-state index contributed by atoms with van der Waals surface area (Å²) in [5, 5.41) is 10.9. The number of fused-ring (bicyclic) bond motifs is 3. The number of aromatic nitrogens is 2. The first-order valence-electron chi connectivity index (χ1n) is 8.54. The molecule has 0 unspecified atom stereocenters. The largest absolute Gasteiger partial charge is 0.486 e. The fourth-order valence-electron chi connectivity index (χ4n) is 3.13. The van der Waals surface area contributed by atoms with Crippen LogP contribution < -0.4 is 4.74 Å². The summed E-state index contributed by atoms with van der Waals surface area (Å²) in [5.41, 5.74) is 1.32. The van der Waals surface area contributed by atoms with Crippen LogP contribution in [0.25, 0.3) is 10.2 Å². The van der Waals surface area contributed by atoms with E-state index in [-0.39, 0.29) is 12.4 Å². The molecule has 0 atom stereocenters. The van der Waals surface area contributed by atoms with Crippen LogP contribution in [0.4, 0.5) is 0 Å². The summed E-state index contributed by atoms with van der Waals surface area (Å²) in [6.07, 6.45) is 4.48. The van der Waals surface area contributed by atoms with E-state index < -0.39 is 5.97 Å². The molecule has 0 spiro atoms. The van der Waals surface area contributed by atoms with Crippen molar-refractivity contribution in [3.05, 3.63) is 46.6 Å². The number of carbonyl (C=O) groups is 1. The number of carboxylic acid groups (broad SMARTS) is 1. The second-order valence-corrected chi connectivity index (χ2v) is 8.17. The molecule has 5 nitrogen and oxygen atoms in total. The van der Waals surface area contributed by atoms with Gasteiger partial charge in [0, 0.05) is 10.3 Å². The molecule has 0 bridgehead atoms. The third-order valence-electron chi connectivity index (χ3n) is 4.27. The molecule has 26 heavy (non-hydrogen) atoms. The number of benzene rings is 1. The van der Waals surface area contributed by atoms with Gasteiger partial charge in [-0.3, -0.25) is 4.79 Å². The van der Waals surface area contributed by atoms with Crippen molar-refractivity contribution in [1.82, 2.24) is 9.97 Å². The molecule has 2 heterocycles. The van der Waals surface area contributed by atoms with Gasteiger partial charge < -0.3 is 9.84 Å². The number of hydrogen-bond donors (Lipinski definition) is 1. The number of aliphatic carboxylic acids is 1. The topological polar surface area (TPSA) is 72.3 Å². The minimum absolute atomic E-state index is 0.00425. The van der Waals surface area contributed by atoms with Crippen LogP contribution in [0, 0.1) is 0 Å². The maximum absolute atomic E-state index is 11.0. The first-order valence-corrected chi connectivity index (χ1v) is 10.3. The van der Waals surface area contributed by atoms with Crippen LogP contribution >= 0.6 is 23.1 Å². The highest BCUT2D eigenvalue weighted by Crippen LogP contribution is 2.39. The van der Waals surface area contributed by atoms with E-state index in [1.807, 2.05) is 30.3 Å². The first-order chi connectivity index (χ1) is 12.7. The minimum atomic E-state index is -0.840. The summed E-state index contributed by atoms with van der Waals surface area (Å²) < 4.78 is 5.78. The van der Waals surface area contributed by atoms with Gasteiger partial charge in [0.1, 0.15) is 22.2 Å². The lowest BCUT2D eigenvalue weighted by atomic mass is 9.97. The third-order valence-corrected chi connectivity index (χ3v) is 6.42. The van der Waals surface area contributed by atoms with Crippen LogP contribution in [0.2, 0.25) is 0 Å². The average molecular weight is 386 g/mol. The van der Waals surface area contributed by atoms with Gasteiger partial charge >= 0.3 is 5.97 Å². The molecular formula is C19H18N2O3S2. The second kappa shape index (κ2) is 7.63. The van der Waals surface area contributed by atoms with Crippen molar-refractivity contribution in [3.8, 4) is 5.75 Å². The summed E-state index contributed by atoms with van der Waals surface area (Å²) in [7, 11) is 0. The maximum atomic E-state index is 11.0. The zero-order valence-electron chi connectivity index (χ0n) is 14.1. The van der Waals surface area contributed by atoms with Crippen molar-refractivity contribution in [2.24, 2.45) is 0 Å². The Bertz CT molecular complexity index is 941. The highest BCUT2D eigenvalue weighted by molar-refractivity contribution is 8.00. The fraction of sp³-hybridized carbons (Fsp3) is 0.316. The minimum Gasteiger partial charge on any atom is -0.486 e. The summed E-state index contributed by atoms with van der Waals surface area (Å²) >= 11 is 2.99. The number of rotatable bonds is 6. The standard InChI is InChI=1S/C19H18N2O3S2/c22-16(23)11-25-18-17-13-8-4-5-9-14(13)26-19(17)21-15(20-18)10-24-12-6-2-1-3-7-12/h1-3,6-7H,4-5,8-11H2,(H,22,23). The highest BCUT2D eigenvalue weighted by Gasteiger charge is 2.22. The number of carboxylic acids is 1. The summed E-state index contributed by atoms with van der Waals surface area (Å²) in [4.78, 5) is 22.7. The van der Waals surface area contributed by atoms with Crippen LogP contribution in [0.15, 0.2) is 35.4 Å². The molecule has 1 N–H and O–H groups in total. The third kappa shape index (κ3) is 3.68. The van der Waals surface area contributed by atoms with E-state index in [2.05, 4.69) is 4.98 Å². The Morgan fingerprint density at radius 2 is 2.00 bits per heavy atom. The van der Waals surface area contributed by atoms with Gasteiger partial charge in [-0.2, -0.15) is 0 Å². The first kappa shape index (κ1) is 17.3. The second-order valence-electron chi connectivity index (χ2n) is 6.12. The molecule has 0 fully saturated rings. The van der Waals surface area contributed by atoms with Crippen molar-refractivity contribution in [1.29, 1.82) is 0 Å². The van der Waals surface area contributed by atoms with Crippen molar-refractivity contribution < 1.29 is 14.6 Å². The van der Waals surface area contributed by atoms with Gasteiger partial charge in [-0.1, -0.05) is 30.0 Å². The molecular weight excluding hydrogens is 368 g/mol. The lowest BCUT2D eigenvalue weighted by Crippen LogP contribution is -2.05. The normalized spacial score (nSPS) is 13.5. The van der Waals surface area contributed by atoms with Gasteiger partial charge in [0.15, 0.2) is 5.82 Å². The van der Waals surface area contributed by atoms with E-state index in [9.17, 15) is 4.79 Å². The van der Waals surface area contributed by atoms with Crippen molar-refractivity contribution in [3.63, 3.8) is 0 Å². The van der Waals surface area contributed by atoms with Crippen LogP contribution in [0.3, 0.4) is 0 Å². The SMILES string of the molecule is O=C(O)CSc1nc(COc2ccccc2)nc2sc3c(c12)CCCC3. The lowest BCUT2D eigenvalue weighted by Gasteiger charge is -2.12. The van der Waals surface area contributed by atoms with E-state index in [1.165, 1.54) is 35.0 Å². The monoisotopic (exact) mass is 386 g/mol. The van der Waals surface area contributed by atoms with Crippen molar-refractivity contribution in [2.45, 2.75) is 37.3 Å². The van der Waals surface area contributed by atoms with Gasteiger partial charge in [-0.25, -0.2) is 9.97 Å². The van der Waals surface area contributed by atoms with Gasteiger partial charge in [-0.05, 0) is 43.4 Å². The smallest absolute Gasteiger partial charge is 0.313 e. The summed E-state index contributed by atoms with van der Waals surface area (Å²) in [6.45, 7) is 0.267. The van der Waals surface area contributed by atoms with E-state index in [0.717, 1.165) is 33.8 Å². The van der Waals surface area contributed by atoms with Crippen LogP contribution in [-0.2, 0) is 24.2 Å². The highest BCUT2D eigenvalue weighted by atomic mass is 32.2. The number of ether oxygens (including phenoxy) is 1. The van der Waals surface area contributed by atoms with Crippen LogP contribution in [0.1, 0.15) is 29.1 Å². The number of thioether (sulfide) groups is 1. The average Bonchev–Trinajstić information content (AvgIpc) is 3.04. The molecule has 1 aliphatic rings. The molecule has 1 aromatic carbocycles. The summed E-state index contributed by atoms with van der Waals surface area (Å²) in [5.74, 6) is 0.512. The predicted octanol–water partition coefficient (Wildman–Crippen LogP) is 4.33. The van der Waals surface area contributed by atoms with E-state index in [4.69, 9.17) is 14.8 Å². The van der Waals surface area contributed by atoms with Crippen LogP contribution in [0.5, 0.6) is 5.75 Å². The van der Waals surface area contributed by atoms with E-state index >= 15 is 0 Å². The number of nitrogens with zero attached hydrogens (tertiary/aromatic N) is 2. The quantitative estimate of drug-likeness (QED) is 0.502. The lowest BCUT2D eigenvalue weighted by molar-refractivity contribution is -0.133. The van der Waals surface area contributed by atoms with Gasteiger partial charge in [0.2, 0.25) is 0 Å². The Labute approximate surface area is 159 Å². The zero-order chi connectivity index (χ0) is 17.9. The zero-order valence-corrected chi connectivity index (χ0v) is 15.7. The van der Waals surface area contributed by atoms with Crippen molar-refractivity contribution >= 4 is 39.3 Å². The molecule has 0 amide bonds. The maximum Gasteiger partial charge on any atom is 0.313 e. The molecule has 0 saturated heterocycles. The number of para-hydroxylation sites is 1. The molecule has 1 aliphatic carbocycles. The Hall–Kier alpha value is -2.12. The molecule has 0 aliphatic heterocycles. The van der Waals surface area contributed by atoms with E-state index in [1.54, 1.807) is 11.3 Å².